The Kier molecular flexibility index (Phi) is 14.3. The van der Waals surface area contributed by atoms with Crippen LogP contribution in [-0.4, -0.2) is 87.3 Å². The van der Waals surface area contributed by atoms with Gasteiger partial charge in [-0.15, -0.1) is 0 Å². The van der Waals surface area contributed by atoms with Crippen LogP contribution in [0.5, 0.6) is 0 Å². The number of carboxylic acid groups (broad SMARTS) is 2. The van der Waals surface area contributed by atoms with Crippen molar-refractivity contribution in [3.8, 4) is 0 Å². The summed E-state index contributed by atoms with van der Waals surface area (Å²) in [7, 11) is 0. The molecule has 0 aliphatic carbocycles. The van der Waals surface area contributed by atoms with Crippen molar-refractivity contribution >= 4 is 41.4 Å². The van der Waals surface area contributed by atoms with Gasteiger partial charge < -0.3 is 37.0 Å². The van der Waals surface area contributed by atoms with Crippen LogP contribution < -0.4 is 21.7 Å². The zero-order chi connectivity index (χ0) is 25.7. The Labute approximate surface area is 197 Å². The van der Waals surface area contributed by atoms with E-state index in [0.717, 1.165) is 0 Å². The quantitative estimate of drug-likeness (QED) is 0.138. The van der Waals surface area contributed by atoms with Crippen LogP contribution in [0.2, 0.25) is 0 Å². The van der Waals surface area contributed by atoms with E-state index in [9.17, 15) is 34.2 Å². The lowest BCUT2D eigenvalue weighted by atomic mass is 9.97. The zero-order valence-corrected chi connectivity index (χ0v) is 20.2. The van der Waals surface area contributed by atoms with Gasteiger partial charge in [-0.05, 0) is 37.7 Å². The van der Waals surface area contributed by atoms with E-state index < -0.39 is 59.9 Å². The Morgan fingerprint density at radius 1 is 0.909 bits per heavy atom. The van der Waals surface area contributed by atoms with Gasteiger partial charge in [0, 0.05) is 6.42 Å². The van der Waals surface area contributed by atoms with Crippen molar-refractivity contribution in [1.82, 2.24) is 16.0 Å². The topological polar surface area (TPSA) is 208 Å². The highest BCUT2D eigenvalue weighted by Gasteiger charge is 2.33. The summed E-state index contributed by atoms with van der Waals surface area (Å²) in [5.74, 6) is -4.53. The second-order valence-electron chi connectivity index (χ2n) is 7.82. The molecule has 6 unspecified atom stereocenters. The number of carbonyl (C=O) groups excluding carboxylic acids is 3. The van der Waals surface area contributed by atoms with Gasteiger partial charge >= 0.3 is 11.9 Å². The van der Waals surface area contributed by atoms with Crippen LogP contribution in [0.4, 0.5) is 0 Å². The minimum Gasteiger partial charge on any atom is -0.481 e. The van der Waals surface area contributed by atoms with Crippen LogP contribution in [-0.2, 0) is 24.0 Å². The van der Waals surface area contributed by atoms with Crippen molar-refractivity contribution in [1.29, 1.82) is 0 Å². The number of aliphatic hydroxyl groups is 1. The lowest BCUT2D eigenvalue weighted by Crippen LogP contribution is -2.59. The summed E-state index contributed by atoms with van der Waals surface area (Å²) in [6.07, 6.45) is 0.747. The van der Waals surface area contributed by atoms with Gasteiger partial charge in [-0.2, -0.15) is 11.8 Å². The highest BCUT2D eigenvalue weighted by Crippen LogP contribution is 2.11. The number of nitrogens with one attached hydrogen (secondary N) is 3. The van der Waals surface area contributed by atoms with Crippen LogP contribution in [0.25, 0.3) is 0 Å². The average Bonchev–Trinajstić information content (AvgIpc) is 2.75. The molecule has 0 rings (SSSR count). The molecule has 3 amide bonds. The third-order valence-corrected chi connectivity index (χ3v) is 5.73. The Morgan fingerprint density at radius 3 is 1.94 bits per heavy atom. The number of amides is 3. The molecule has 0 heterocycles. The second kappa shape index (κ2) is 15.5. The third kappa shape index (κ3) is 11.3. The number of rotatable bonds is 16. The van der Waals surface area contributed by atoms with Gasteiger partial charge in [-0.3, -0.25) is 19.2 Å². The number of aliphatic hydroxyl groups excluding tert-OH is 1. The normalized spacial score (nSPS) is 16.4. The summed E-state index contributed by atoms with van der Waals surface area (Å²) in [4.78, 5) is 60.0. The van der Waals surface area contributed by atoms with Gasteiger partial charge in [0.2, 0.25) is 17.7 Å². The summed E-state index contributed by atoms with van der Waals surface area (Å²) >= 11 is 1.44. The highest BCUT2D eigenvalue weighted by atomic mass is 32.2. The number of nitrogens with two attached hydrogens (primary N) is 1. The van der Waals surface area contributed by atoms with E-state index in [0.29, 0.717) is 12.2 Å². The first-order chi connectivity index (χ1) is 15.3. The highest BCUT2D eigenvalue weighted by molar-refractivity contribution is 7.98. The summed E-state index contributed by atoms with van der Waals surface area (Å²) in [6, 6.07) is -4.83. The number of thioether (sulfide) groups is 1. The first kappa shape index (κ1) is 30.6. The maximum absolute atomic E-state index is 12.9. The minimum atomic E-state index is -1.56. The van der Waals surface area contributed by atoms with E-state index in [1.165, 1.54) is 18.7 Å². The maximum atomic E-state index is 12.9. The van der Waals surface area contributed by atoms with Crippen molar-refractivity contribution in [3.05, 3.63) is 0 Å². The van der Waals surface area contributed by atoms with Gasteiger partial charge in [-0.1, -0.05) is 20.3 Å². The molecule has 0 aromatic heterocycles. The summed E-state index contributed by atoms with van der Waals surface area (Å²) in [5, 5.41) is 34.9. The van der Waals surface area contributed by atoms with Gasteiger partial charge in [0.15, 0.2) is 6.04 Å². The molecule has 33 heavy (non-hydrogen) atoms. The molecular weight excluding hydrogens is 456 g/mol. The fourth-order valence-corrected chi connectivity index (χ4v) is 3.25. The van der Waals surface area contributed by atoms with Crippen LogP contribution in [0.15, 0.2) is 0 Å². The number of hydrogen-bond acceptors (Lipinski definition) is 8. The molecule has 0 saturated heterocycles. The Balaban J connectivity index is 5.47. The molecule has 0 saturated carbocycles. The number of hydrogen-bond donors (Lipinski definition) is 7. The molecular formula is C20H36N4O8S. The minimum absolute atomic E-state index is 0.105. The van der Waals surface area contributed by atoms with Gasteiger partial charge in [0.1, 0.15) is 12.1 Å². The molecule has 0 aliphatic rings. The van der Waals surface area contributed by atoms with E-state index in [4.69, 9.17) is 10.8 Å². The van der Waals surface area contributed by atoms with Crippen LogP contribution in [0.1, 0.15) is 46.5 Å². The lowest BCUT2D eigenvalue weighted by molar-refractivity contribution is -0.145. The average molecular weight is 493 g/mol. The first-order valence-corrected chi connectivity index (χ1v) is 12.0. The van der Waals surface area contributed by atoms with Gasteiger partial charge in [0.25, 0.3) is 0 Å². The standard InChI is InChI=1S/C20H36N4O8S/c1-5-10(2)15(19(30)24-16(11(3)25)20(31)32)23-18(29)13(8-9-33-4)22-17(28)12(21)6-7-14(26)27/h10-13,15-16,25H,5-9,21H2,1-4H3,(H,22,28)(H,23,29)(H,24,30)(H,26,27)(H,31,32). The molecule has 12 nitrogen and oxygen atoms in total. The van der Waals surface area contributed by atoms with Crippen LogP contribution in [0, 0.1) is 5.92 Å². The molecule has 8 N–H and O–H groups in total. The molecule has 190 valence electrons. The lowest BCUT2D eigenvalue weighted by Gasteiger charge is -2.28. The molecule has 0 radical (unpaired) electrons. The predicted molar refractivity (Wildman–Crippen MR) is 122 cm³/mol. The molecule has 0 aromatic carbocycles. The van der Waals surface area contributed by atoms with Crippen molar-refractivity contribution < 1.29 is 39.3 Å². The smallest absolute Gasteiger partial charge is 0.328 e. The Bertz CT molecular complexity index is 691. The van der Waals surface area contributed by atoms with E-state index in [1.807, 2.05) is 6.26 Å². The number of aliphatic carboxylic acids is 2. The predicted octanol–water partition coefficient (Wildman–Crippen LogP) is -1.10. The fourth-order valence-electron chi connectivity index (χ4n) is 2.78. The first-order valence-electron chi connectivity index (χ1n) is 10.6. The molecule has 13 heteroatoms. The Hall–Kier alpha value is -2.38. The molecule has 0 bridgehead atoms. The molecule has 6 atom stereocenters. The summed E-state index contributed by atoms with van der Waals surface area (Å²) in [6.45, 7) is 4.70. The van der Waals surface area contributed by atoms with Gasteiger partial charge in [0.05, 0.1) is 12.1 Å². The number of carbonyl (C=O) groups is 5. The molecule has 0 spiro atoms. The van der Waals surface area contributed by atoms with E-state index in [1.54, 1.807) is 13.8 Å². The largest absolute Gasteiger partial charge is 0.481 e. The molecule has 0 aromatic rings. The van der Waals surface area contributed by atoms with Crippen molar-refractivity contribution in [2.45, 2.75) is 76.7 Å². The molecule has 0 aliphatic heterocycles. The SMILES string of the molecule is CCC(C)C(NC(=O)C(CCSC)NC(=O)C(N)CCC(=O)O)C(=O)NC(C(=O)O)C(C)O. The van der Waals surface area contributed by atoms with E-state index >= 15 is 0 Å². The Morgan fingerprint density at radius 2 is 1.48 bits per heavy atom. The number of carboxylic acids is 2. The van der Waals surface area contributed by atoms with Crippen molar-refractivity contribution in [2.24, 2.45) is 11.7 Å². The second-order valence-corrected chi connectivity index (χ2v) is 8.80. The third-order valence-electron chi connectivity index (χ3n) is 5.09. The maximum Gasteiger partial charge on any atom is 0.328 e. The summed E-state index contributed by atoms with van der Waals surface area (Å²) in [5.41, 5.74) is 5.72. The van der Waals surface area contributed by atoms with Crippen LogP contribution >= 0.6 is 11.8 Å². The fraction of sp³-hybridized carbons (Fsp3) is 0.750. The zero-order valence-electron chi connectivity index (χ0n) is 19.4. The monoisotopic (exact) mass is 492 g/mol. The van der Waals surface area contributed by atoms with E-state index in [-0.39, 0.29) is 25.2 Å². The van der Waals surface area contributed by atoms with Crippen molar-refractivity contribution in [2.75, 3.05) is 12.0 Å². The van der Waals surface area contributed by atoms with Crippen LogP contribution in [0.3, 0.4) is 0 Å². The van der Waals surface area contributed by atoms with Gasteiger partial charge in [-0.25, -0.2) is 4.79 Å². The molecule has 0 fully saturated rings. The van der Waals surface area contributed by atoms with Crippen molar-refractivity contribution in [3.63, 3.8) is 0 Å². The summed E-state index contributed by atoms with van der Waals surface area (Å²) < 4.78 is 0. The van der Waals surface area contributed by atoms with E-state index in [2.05, 4.69) is 16.0 Å².